The van der Waals surface area contributed by atoms with Gasteiger partial charge in [0.2, 0.25) is 0 Å². The van der Waals surface area contributed by atoms with E-state index in [2.05, 4.69) is 17.6 Å². The van der Waals surface area contributed by atoms with E-state index in [1.54, 1.807) is 11.8 Å². The first-order valence-corrected chi connectivity index (χ1v) is 5.67. The van der Waals surface area contributed by atoms with Crippen LogP contribution in [0.15, 0.2) is 0 Å². The summed E-state index contributed by atoms with van der Waals surface area (Å²) >= 11 is 1.75. The molecule has 3 nitrogen and oxygen atoms in total. The van der Waals surface area contributed by atoms with Crippen molar-refractivity contribution in [2.24, 2.45) is 0 Å². The molecule has 0 bridgehead atoms. The molecule has 0 spiro atoms. The van der Waals surface area contributed by atoms with Gasteiger partial charge < -0.3 is 10.6 Å². The van der Waals surface area contributed by atoms with E-state index < -0.39 is 0 Å². The van der Waals surface area contributed by atoms with Crippen molar-refractivity contribution in [3.05, 3.63) is 0 Å². The molecule has 0 aromatic rings. The second kappa shape index (κ2) is 7.28. The van der Waals surface area contributed by atoms with Gasteiger partial charge in [-0.3, -0.25) is 0 Å². The van der Waals surface area contributed by atoms with Crippen LogP contribution in [0.5, 0.6) is 0 Å². The van der Waals surface area contributed by atoms with Crippen molar-refractivity contribution in [3.8, 4) is 0 Å². The monoisotopic (exact) mass is 190 g/mol. The van der Waals surface area contributed by atoms with Crippen molar-refractivity contribution >= 4 is 17.8 Å². The summed E-state index contributed by atoms with van der Waals surface area (Å²) in [6.07, 6.45) is 3.03. The number of amides is 2. The van der Waals surface area contributed by atoms with E-state index >= 15 is 0 Å². The Bertz CT molecular complexity index is 130. The number of carbonyl (C=O) groups is 1. The quantitative estimate of drug-likeness (QED) is 0.689. The lowest BCUT2D eigenvalue weighted by atomic mass is 10.3. The minimum Gasteiger partial charge on any atom is -0.338 e. The van der Waals surface area contributed by atoms with Crippen LogP contribution in [-0.2, 0) is 0 Å². The maximum absolute atomic E-state index is 11.1. The van der Waals surface area contributed by atoms with Gasteiger partial charge in [-0.15, -0.1) is 0 Å². The fraction of sp³-hybridized carbons (Fsp3) is 0.875. The first-order chi connectivity index (χ1) is 5.74. The molecule has 1 unspecified atom stereocenters. The summed E-state index contributed by atoms with van der Waals surface area (Å²) in [6, 6.07) is 0.241. The van der Waals surface area contributed by atoms with Crippen LogP contribution >= 0.6 is 11.8 Å². The molecule has 0 saturated heterocycles. The standard InChI is InChI=1S/C8H18N2OS/c1-4-7(6-12-3)10-8(11)9-5-2/h7H,4-6H2,1-3H3,(H2,9,10,11). The molecular weight excluding hydrogens is 172 g/mol. The van der Waals surface area contributed by atoms with Gasteiger partial charge in [-0.05, 0) is 19.6 Å². The molecule has 0 heterocycles. The summed E-state index contributed by atoms with van der Waals surface area (Å²) in [5.74, 6) is 0.980. The second-order valence-electron chi connectivity index (χ2n) is 2.56. The number of thioether (sulfide) groups is 1. The Kier molecular flexibility index (Phi) is 7.05. The molecule has 1 atom stereocenters. The molecule has 0 aromatic heterocycles. The molecule has 0 saturated carbocycles. The van der Waals surface area contributed by atoms with Crippen LogP contribution in [0.25, 0.3) is 0 Å². The van der Waals surface area contributed by atoms with E-state index in [0.29, 0.717) is 12.6 Å². The zero-order chi connectivity index (χ0) is 9.40. The molecule has 0 fully saturated rings. The van der Waals surface area contributed by atoms with Gasteiger partial charge in [-0.2, -0.15) is 11.8 Å². The average molecular weight is 190 g/mol. The number of hydrogen-bond acceptors (Lipinski definition) is 2. The van der Waals surface area contributed by atoms with Gasteiger partial charge in [0.05, 0.1) is 0 Å². The summed E-state index contributed by atoms with van der Waals surface area (Å²) < 4.78 is 0. The van der Waals surface area contributed by atoms with Crippen molar-refractivity contribution in [1.29, 1.82) is 0 Å². The SMILES string of the molecule is CCNC(=O)NC(CC)CSC. The molecule has 12 heavy (non-hydrogen) atoms. The number of rotatable bonds is 5. The minimum atomic E-state index is -0.0570. The zero-order valence-electron chi connectivity index (χ0n) is 8.02. The van der Waals surface area contributed by atoms with Crippen LogP contribution in [0.2, 0.25) is 0 Å². The lowest BCUT2D eigenvalue weighted by Gasteiger charge is -2.15. The van der Waals surface area contributed by atoms with Gasteiger partial charge in [0.25, 0.3) is 0 Å². The molecule has 2 N–H and O–H groups in total. The van der Waals surface area contributed by atoms with E-state index in [-0.39, 0.29) is 6.03 Å². The predicted octanol–water partition coefficient (Wildman–Crippen LogP) is 1.45. The molecule has 0 aliphatic carbocycles. The van der Waals surface area contributed by atoms with E-state index in [1.807, 2.05) is 13.2 Å². The smallest absolute Gasteiger partial charge is 0.315 e. The molecule has 0 aromatic carbocycles. The summed E-state index contributed by atoms with van der Waals surface area (Å²) in [5, 5.41) is 5.61. The maximum atomic E-state index is 11.1. The molecule has 0 aliphatic heterocycles. The zero-order valence-corrected chi connectivity index (χ0v) is 8.83. The van der Waals surface area contributed by atoms with Crippen LogP contribution in [0.3, 0.4) is 0 Å². The third kappa shape index (κ3) is 5.29. The van der Waals surface area contributed by atoms with E-state index in [1.165, 1.54) is 0 Å². The van der Waals surface area contributed by atoms with Gasteiger partial charge in [0, 0.05) is 18.3 Å². The Morgan fingerprint density at radius 1 is 1.50 bits per heavy atom. The molecular formula is C8H18N2OS. The summed E-state index contributed by atoms with van der Waals surface area (Å²) in [6.45, 7) is 4.67. The average Bonchev–Trinajstić information content (AvgIpc) is 2.04. The highest BCUT2D eigenvalue weighted by molar-refractivity contribution is 7.98. The van der Waals surface area contributed by atoms with Crippen molar-refractivity contribution in [2.75, 3.05) is 18.6 Å². The molecule has 72 valence electrons. The molecule has 0 rings (SSSR count). The van der Waals surface area contributed by atoms with E-state index in [0.717, 1.165) is 12.2 Å². The highest BCUT2D eigenvalue weighted by Gasteiger charge is 2.07. The molecule has 0 radical (unpaired) electrons. The summed E-state index contributed by atoms with van der Waals surface area (Å²) in [4.78, 5) is 11.1. The van der Waals surface area contributed by atoms with Gasteiger partial charge in [-0.1, -0.05) is 6.92 Å². The Morgan fingerprint density at radius 3 is 2.58 bits per heavy atom. The topological polar surface area (TPSA) is 41.1 Å². The second-order valence-corrected chi connectivity index (χ2v) is 3.47. The van der Waals surface area contributed by atoms with Gasteiger partial charge in [-0.25, -0.2) is 4.79 Å². The Morgan fingerprint density at radius 2 is 2.17 bits per heavy atom. The fourth-order valence-corrected chi connectivity index (χ4v) is 1.58. The number of nitrogens with one attached hydrogen (secondary N) is 2. The first kappa shape index (κ1) is 11.6. The highest BCUT2D eigenvalue weighted by Crippen LogP contribution is 2.00. The van der Waals surface area contributed by atoms with Crippen LogP contribution in [-0.4, -0.2) is 30.6 Å². The largest absolute Gasteiger partial charge is 0.338 e. The van der Waals surface area contributed by atoms with E-state index in [4.69, 9.17) is 0 Å². The van der Waals surface area contributed by atoms with Crippen LogP contribution in [0.4, 0.5) is 4.79 Å². The van der Waals surface area contributed by atoms with Crippen LogP contribution < -0.4 is 10.6 Å². The summed E-state index contributed by atoms with van der Waals surface area (Å²) in [5.41, 5.74) is 0. The number of urea groups is 1. The third-order valence-corrected chi connectivity index (χ3v) is 2.27. The van der Waals surface area contributed by atoms with Crippen molar-refractivity contribution < 1.29 is 4.79 Å². The van der Waals surface area contributed by atoms with Gasteiger partial charge >= 0.3 is 6.03 Å². The van der Waals surface area contributed by atoms with Crippen molar-refractivity contribution in [1.82, 2.24) is 10.6 Å². The predicted molar refractivity (Wildman–Crippen MR) is 54.7 cm³/mol. The van der Waals surface area contributed by atoms with Crippen molar-refractivity contribution in [3.63, 3.8) is 0 Å². The Hall–Kier alpha value is -0.380. The minimum absolute atomic E-state index is 0.0570. The van der Waals surface area contributed by atoms with E-state index in [9.17, 15) is 4.79 Å². The number of carbonyl (C=O) groups excluding carboxylic acids is 1. The van der Waals surface area contributed by atoms with Crippen molar-refractivity contribution in [2.45, 2.75) is 26.3 Å². The molecule has 4 heteroatoms. The fourth-order valence-electron chi connectivity index (χ4n) is 0.860. The number of hydrogen-bond donors (Lipinski definition) is 2. The van der Waals surface area contributed by atoms with Gasteiger partial charge in [0.1, 0.15) is 0 Å². The third-order valence-electron chi connectivity index (χ3n) is 1.53. The Balaban J connectivity index is 3.61. The molecule has 0 aliphatic rings. The maximum Gasteiger partial charge on any atom is 0.315 e. The van der Waals surface area contributed by atoms with Crippen LogP contribution in [0, 0.1) is 0 Å². The Labute approximate surface area is 78.7 Å². The lowest BCUT2D eigenvalue weighted by molar-refractivity contribution is 0.238. The first-order valence-electron chi connectivity index (χ1n) is 4.27. The summed E-state index contributed by atoms with van der Waals surface area (Å²) in [7, 11) is 0. The van der Waals surface area contributed by atoms with Gasteiger partial charge in [0.15, 0.2) is 0 Å². The lowest BCUT2D eigenvalue weighted by Crippen LogP contribution is -2.42. The van der Waals surface area contributed by atoms with Crippen LogP contribution in [0.1, 0.15) is 20.3 Å². The highest BCUT2D eigenvalue weighted by atomic mass is 32.2. The normalized spacial score (nSPS) is 12.2. The molecule has 2 amide bonds.